The average Bonchev–Trinajstić information content (AvgIpc) is 2.34. The first-order valence-electron chi connectivity index (χ1n) is 6.54. The topological polar surface area (TPSA) is 57.6 Å². The molecule has 1 fully saturated rings. The number of piperidine rings is 1. The lowest BCUT2D eigenvalue weighted by Gasteiger charge is -2.30. The van der Waals surface area contributed by atoms with E-state index in [0.29, 0.717) is 19.5 Å². The Bertz CT molecular complexity index is 510. The zero-order chi connectivity index (χ0) is 14.0. The summed E-state index contributed by atoms with van der Waals surface area (Å²) in [5, 5.41) is 8.94. The van der Waals surface area contributed by atoms with E-state index in [1.54, 1.807) is 4.90 Å². The van der Waals surface area contributed by atoms with E-state index in [2.05, 4.69) is 6.07 Å². The largest absolute Gasteiger partial charge is 0.481 e. The van der Waals surface area contributed by atoms with Gasteiger partial charge in [-0.15, -0.1) is 0 Å². The predicted octanol–water partition coefficient (Wildman–Crippen LogP) is 2.13. The van der Waals surface area contributed by atoms with Crippen LogP contribution in [-0.2, 0) is 16.1 Å². The molecule has 4 heteroatoms. The molecule has 1 saturated heterocycles. The lowest BCUT2D eigenvalue weighted by molar-refractivity contribution is -0.149. The maximum Gasteiger partial charge on any atom is 0.307 e. The van der Waals surface area contributed by atoms with Gasteiger partial charge in [-0.25, -0.2) is 0 Å². The molecule has 0 bridgehead atoms. The molecule has 102 valence electrons. The Labute approximate surface area is 113 Å². The van der Waals surface area contributed by atoms with E-state index in [9.17, 15) is 9.59 Å². The van der Waals surface area contributed by atoms with Gasteiger partial charge in [-0.3, -0.25) is 9.59 Å². The van der Waals surface area contributed by atoms with Gasteiger partial charge in [-0.1, -0.05) is 23.8 Å². The number of rotatable bonds is 3. The maximum absolute atomic E-state index is 12.0. The molecule has 1 aromatic carbocycles. The molecule has 1 unspecified atom stereocenters. The van der Waals surface area contributed by atoms with E-state index in [0.717, 1.165) is 5.56 Å². The Balaban J connectivity index is 2.04. The van der Waals surface area contributed by atoms with Gasteiger partial charge in [0.05, 0.1) is 5.92 Å². The van der Waals surface area contributed by atoms with Crippen LogP contribution in [0.25, 0.3) is 0 Å². The fourth-order valence-electron chi connectivity index (χ4n) is 2.49. The highest BCUT2D eigenvalue weighted by molar-refractivity contribution is 5.83. The average molecular weight is 261 g/mol. The number of carbonyl (C=O) groups excluding carboxylic acids is 1. The lowest BCUT2D eigenvalue weighted by Crippen LogP contribution is -2.40. The molecule has 0 aliphatic carbocycles. The number of carbonyl (C=O) groups is 2. The second-order valence-electron chi connectivity index (χ2n) is 5.27. The summed E-state index contributed by atoms with van der Waals surface area (Å²) in [4.78, 5) is 24.6. The number of nitrogens with zero attached hydrogens (tertiary/aromatic N) is 1. The normalized spacial score (nSPS) is 19.6. The van der Waals surface area contributed by atoms with Gasteiger partial charge in [-0.05, 0) is 31.4 Å². The summed E-state index contributed by atoms with van der Waals surface area (Å²) in [6, 6.07) is 6.18. The molecule has 1 aliphatic heterocycles. The summed E-state index contributed by atoms with van der Waals surface area (Å²) in [7, 11) is 0. The summed E-state index contributed by atoms with van der Waals surface area (Å²) in [6.45, 7) is 5.19. The van der Waals surface area contributed by atoms with Crippen molar-refractivity contribution in [2.45, 2.75) is 33.2 Å². The minimum Gasteiger partial charge on any atom is -0.481 e. The molecular weight excluding hydrogens is 242 g/mol. The van der Waals surface area contributed by atoms with E-state index >= 15 is 0 Å². The Kier molecular flexibility index (Phi) is 3.88. The first-order chi connectivity index (χ1) is 8.97. The molecule has 4 nitrogen and oxygen atoms in total. The monoisotopic (exact) mass is 261 g/mol. The molecular formula is C15H19NO3. The van der Waals surface area contributed by atoms with Gasteiger partial charge in [0.1, 0.15) is 0 Å². The first kappa shape index (κ1) is 13.6. The van der Waals surface area contributed by atoms with Crippen molar-refractivity contribution < 1.29 is 14.7 Å². The molecule has 1 aromatic rings. The zero-order valence-electron chi connectivity index (χ0n) is 11.3. The van der Waals surface area contributed by atoms with Gasteiger partial charge in [-0.2, -0.15) is 0 Å². The van der Waals surface area contributed by atoms with E-state index in [4.69, 9.17) is 5.11 Å². The third kappa shape index (κ3) is 3.13. The number of carboxylic acids is 1. The van der Waals surface area contributed by atoms with Crippen molar-refractivity contribution in [3.63, 3.8) is 0 Å². The molecule has 1 atom stereocenters. The van der Waals surface area contributed by atoms with Crippen molar-refractivity contribution in [1.82, 2.24) is 4.90 Å². The van der Waals surface area contributed by atoms with Crippen LogP contribution in [0.1, 0.15) is 29.5 Å². The summed E-state index contributed by atoms with van der Waals surface area (Å²) in [5.74, 6) is -1.43. The first-order valence-corrected chi connectivity index (χ1v) is 6.54. The van der Waals surface area contributed by atoms with E-state index in [1.165, 1.54) is 11.1 Å². The number of aliphatic carboxylic acids is 1. The van der Waals surface area contributed by atoms with Crippen LogP contribution >= 0.6 is 0 Å². The van der Waals surface area contributed by atoms with E-state index in [-0.39, 0.29) is 12.3 Å². The van der Waals surface area contributed by atoms with Crippen molar-refractivity contribution in [3.8, 4) is 0 Å². The van der Waals surface area contributed by atoms with Crippen LogP contribution in [-0.4, -0.2) is 28.4 Å². The van der Waals surface area contributed by atoms with Crippen LogP contribution in [0.3, 0.4) is 0 Å². The van der Waals surface area contributed by atoms with Crippen LogP contribution < -0.4 is 0 Å². The van der Waals surface area contributed by atoms with Gasteiger partial charge in [0, 0.05) is 19.5 Å². The fraction of sp³-hybridized carbons (Fsp3) is 0.467. The molecule has 0 saturated carbocycles. The lowest BCUT2D eigenvalue weighted by atomic mass is 9.95. The molecule has 1 aliphatic rings. The Morgan fingerprint density at radius 1 is 1.42 bits per heavy atom. The van der Waals surface area contributed by atoms with Crippen LogP contribution in [0, 0.1) is 19.8 Å². The number of hydrogen-bond acceptors (Lipinski definition) is 2. The van der Waals surface area contributed by atoms with Crippen LogP contribution in [0.4, 0.5) is 0 Å². The van der Waals surface area contributed by atoms with Crippen molar-refractivity contribution >= 4 is 11.9 Å². The Morgan fingerprint density at radius 3 is 2.74 bits per heavy atom. The third-order valence-corrected chi connectivity index (χ3v) is 3.73. The molecule has 1 heterocycles. The highest BCUT2D eigenvalue weighted by Gasteiger charge is 2.30. The maximum atomic E-state index is 12.0. The zero-order valence-corrected chi connectivity index (χ0v) is 11.3. The van der Waals surface area contributed by atoms with Gasteiger partial charge in [0.25, 0.3) is 0 Å². The van der Waals surface area contributed by atoms with E-state index in [1.807, 2.05) is 26.0 Å². The van der Waals surface area contributed by atoms with Crippen molar-refractivity contribution in [3.05, 3.63) is 34.9 Å². The highest BCUT2D eigenvalue weighted by atomic mass is 16.4. The second-order valence-corrected chi connectivity index (χ2v) is 5.27. The number of likely N-dealkylation sites (tertiary alicyclic amines) is 1. The van der Waals surface area contributed by atoms with Gasteiger partial charge >= 0.3 is 5.97 Å². The third-order valence-electron chi connectivity index (χ3n) is 3.73. The molecule has 1 N–H and O–H groups in total. The standard InChI is InChI=1S/C15H19NO3/c1-10-3-4-13(11(2)7-10)9-16-6-5-12(15(18)19)8-14(16)17/h3-4,7,12H,5-6,8-9H2,1-2H3,(H,18,19). The summed E-state index contributed by atoms with van der Waals surface area (Å²) < 4.78 is 0. The van der Waals surface area contributed by atoms with Gasteiger partial charge < -0.3 is 10.0 Å². The van der Waals surface area contributed by atoms with Crippen molar-refractivity contribution in [1.29, 1.82) is 0 Å². The smallest absolute Gasteiger partial charge is 0.307 e. The van der Waals surface area contributed by atoms with Crippen molar-refractivity contribution in [2.24, 2.45) is 5.92 Å². The summed E-state index contributed by atoms with van der Waals surface area (Å²) >= 11 is 0. The Morgan fingerprint density at radius 2 is 2.16 bits per heavy atom. The fourth-order valence-corrected chi connectivity index (χ4v) is 2.49. The summed E-state index contributed by atoms with van der Waals surface area (Å²) in [6.07, 6.45) is 0.673. The molecule has 2 rings (SSSR count). The minimum atomic E-state index is -0.862. The second kappa shape index (κ2) is 5.43. The number of carboxylic acid groups (broad SMARTS) is 1. The quantitative estimate of drug-likeness (QED) is 0.906. The van der Waals surface area contributed by atoms with Crippen LogP contribution in [0.5, 0.6) is 0 Å². The highest BCUT2D eigenvalue weighted by Crippen LogP contribution is 2.21. The molecule has 0 radical (unpaired) electrons. The number of amides is 1. The molecule has 19 heavy (non-hydrogen) atoms. The Hall–Kier alpha value is -1.84. The number of hydrogen-bond donors (Lipinski definition) is 1. The van der Waals surface area contributed by atoms with E-state index < -0.39 is 11.9 Å². The number of benzene rings is 1. The number of aryl methyl sites for hydroxylation is 2. The molecule has 1 amide bonds. The SMILES string of the molecule is Cc1ccc(CN2CCC(C(=O)O)CC2=O)c(C)c1. The van der Waals surface area contributed by atoms with Gasteiger partial charge in [0.15, 0.2) is 0 Å². The molecule has 0 aromatic heterocycles. The summed E-state index contributed by atoms with van der Waals surface area (Å²) in [5.41, 5.74) is 3.51. The van der Waals surface area contributed by atoms with Crippen LogP contribution in [0.15, 0.2) is 18.2 Å². The van der Waals surface area contributed by atoms with Gasteiger partial charge in [0.2, 0.25) is 5.91 Å². The van der Waals surface area contributed by atoms with Crippen LogP contribution in [0.2, 0.25) is 0 Å². The molecule has 0 spiro atoms. The van der Waals surface area contributed by atoms with Crippen molar-refractivity contribution in [2.75, 3.05) is 6.54 Å². The minimum absolute atomic E-state index is 0.0568. The predicted molar refractivity (Wildman–Crippen MR) is 71.7 cm³/mol.